The van der Waals surface area contributed by atoms with Crippen molar-refractivity contribution in [1.29, 1.82) is 0 Å². The second kappa shape index (κ2) is 6.52. The van der Waals surface area contributed by atoms with Crippen LogP contribution < -0.4 is 0 Å². The lowest BCUT2D eigenvalue weighted by Crippen LogP contribution is -2.39. The molecule has 1 unspecified atom stereocenters. The molecule has 0 spiro atoms. The first-order valence-corrected chi connectivity index (χ1v) is 8.86. The number of hydrogen-bond acceptors (Lipinski definition) is 3. The second-order valence-corrected chi connectivity index (χ2v) is 6.96. The number of imidazole rings is 1. The van der Waals surface area contributed by atoms with E-state index in [4.69, 9.17) is 0 Å². The largest absolute Gasteiger partial charge is 0.338 e. The molecule has 1 fully saturated rings. The minimum atomic E-state index is -0.346. The lowest BCUT2D eigenvalue weighted by Gasteiger charge is -2.32. The van der Waals surface area contributed by atoms with Gasteiger partial charge in [-0.25, -0.2) is 9.37 Å². The summed E-state index contributed by atoms with van der Waals surface area (Å²) in [5.74, 6) is 0.882. The predicted octanol–water partition coefficient (Wildman–Crippen LogP) is 3.44. The number of amides is 1. The zero-order chi connectivity index (χ0) is 18.3. The maximum Gasteiger partial charge on any atom is 0.254 e. The number of pyridine rings is 1. The smallest absolute Gasteiger partial charge is 0.254 e. The molecule has 1 aromatic carbocycles. The summed E-state index contributed by atoms with van der Waals surface area (Å²) in [6.45, 7) is 3.20. The van der Waals surface area contributed by atoms with Crippen LogP contribution >= 0.6 is 0 Å². The van der Waals surface area contributed by atoms with Crippen molar-refractivity contribution in [3.05, 3.63) is 59.6 Å². The van der Waals surface area contributed by atoms with Crippen LogP contribution in [0, 0.1) is 12.7 Å². The third-order valence-corrected chi connectivity index (χ3v) is 5.06. The van der Waals surface area contributed by atoms with Crippen LogP contribution in [-0.2, 0) is 7.05 Å². The second-order valence-electron chi connectivity index (χ2n) is 6.96. The summed E-state index contributed by atoms with van der Waals surface area (Å²) in [6, 6.07) is 6.20. The average molecular weight is 352 g/mol. The minimum absolute atomic E-state index is 0.0222. The number of aromatic nitrogens is 3. The van der Waals surface area contributed by atoms with Gasteiger partial charge in [0, 0.05) is 55.6 Å². The summed E-state index contributed by atoms with van der Waals surface area (Å²) in [6.07, 6.45) is 5.70. The predicted molar refractivity (Wildman–Crippen MR) is 97.5 cm³/mol. The lowest BCUT2D eigenvalue weighted by molar-refractivity contribution is 0.0705. The topological polar surface area (TPSA) is 51.0 Å². The van der Waals surface area contributed by atoms with Gasteiger partial charge in [-0.1, -0.05) is 0 Å². The Labute approximate surface area is 151 Å². The summed E-state index contributed by atoms with van der Waals surface area (Å²) in [5, 5.41) is 0.695. The first-order chi connectivity index (χ1) is 12.5. The third-order valence-electron chi connectivity index (χ3n) is 5.06. The fourth-order valence-corrected chi connectivity index (χ4v) is 3.82. The molecule has 0 saturated carbocycles. The van der Waals surface area contributed by atoms with Gasteiger partial charge >= 0.3 is 0 Å². The quantitative estimate of drug-likeness (QED) is 0.710. The Balaban J connectivity index is 1.67. The Kier molecular flexibility index (Phi) is 4.18. The van der Waals surface area contributed by atoms with E-state index in [-0.39, 0.29) is 17.6 Å². The van der Waals surface area contributed by atoms with Crippen molar-refractivity contribution in [2.45, 2.75) is 25.7 Å². The van der Waals surface area contributed by atoms with Gasteiger partial charge in [0.25, 0.3) is 5.91 Å². The Morgan fingerprint density at radius 3 is 2.92 bits per heavy atom. The molecule has 5 nitrogen and oxygen atoms in total. The van der Waals surface area contributed by atoms with Crippen molar-refractivity contribution in [2.24, 2.45) is 7.05 Å². The summed E-state index contributed by atoms with van der Waals surface area (Å²) in [4.78, 5) is 23.9. The van der Waals surface area contributed by atoms with Crippen LogP contribution in [0.4, 0.5) is 4.39 Å². The van der Waals surface area contributed by atoms with Crippen LogP contribution in [0.25, 0.3) is 10.9 Å². The normalized spacial score (nSPS) is 17.7. The van der Waals surface area contributed by atoms with E-state index in [1.165, 1.54) is 12.1 Å². The number of halogens is 1. The third kappa shape index (κ3) is 2.96. The summed E-state index contributed by atoms with van der Waals surface area (Å²) in [5.41, 5.74) is 1.82. The highest BCUT2D eigenvalue weighted by molar-refractivity contribution is 6.06. The van der Waals surface area contributed by atoms with Gasteiger partial charge in [0.05, 0.1) is 11.1 Å². The van der Waals surface area contributed by atoms with Gasteiger partial charge in [-0.2, -0.15) is 0 Å². The van der Waals surface area contributed by atoms with Gasteiger partial charge in [-0.15, -0.1) is 0 Å². The van der Waals surface area contributed by atoms with Gasteiger partial charge in [0.15, 0.2) is 0 Å². The van der Waals surface area contributed by atoms with E-state index in [0.717, 1.165) is 25.2 Å². The van der Waals surface area contributed by atoms with Crippen molar-refractivity contribution in [3.63, 3.8) is 0 Å². The van der Waals surface area contributed by atoms with E-state index in [0.29, 0.717) is 28.7 Å². The molecule has 0 bridgehead atoms. The Morgan fingerprint density at radius 1 is 1.31 bits per heavy atom. The van der Waals surface area contributed by atoms with Crippen molar-refractivity contribution < 1.29 is 9.18 Å². The molecule has 3 heterocycles. The monoisotopic (exact) mass is 352 g/mol. The molecule has 1 saturated heterocycles. The summed E-state index contributed by atoms with van der Waals surface area (Å²) in [7, 11) is 1.98. The number of likely N-dealkylation sites (tertiary alicyclic amines) is 1. The molecule has 6 heteroatoms. The molecule has 1 atom stereocenters. The zero-order valence-electron chi connectivity index (χ0n) is 14.9. The van der Waals surface area contributed by atoms with Crippen LogP contribution in [0.5, 0.6) is 0 Å². The van der Waals surface area contributed by atoms with Crippen molar-refractivity contribution in [3.8, 4) is 0 Å². The Hall–Kier alpha value is -2.76. The number of fused-ring (bicyclic) bond motifs is 1. The van der Waals surface area contributed by atoms with Crippen LogP contribution in [0.1, 0.15) is 40.6 Å². The van der Waals surface area contributed by atoms with Crippen LogP contribution in [-0.4, -0.2) is 38.4 Å². The Morgan fingerprint density at radius 2 is 2.15 bits per heavy atom. The molecular formula is C20H21FN4O. The highest BCUT2D eigenvalue weighted by Gasteiger charge is 2.28. The molecular weight excluding hydrogens is 331 g/mol. The number of piperidine rings is 1. The fourth-order valence-electron chi connectivity index (χ4n) is 3.82. The standard InChI is InChI=1S/C20H21FN4O/c1-13-10-17(16-6-5-15(21)11-18(16)23-13)20(26)25-8-3-4-14(12-25)19-22-7-9-24(19)2/h5-7,9-11,14H,3-4,8,12H2,1-2H3. The van der Waals surface area contributed by atoms with Gasteiger partial charge in [-0.3, -0.25) is 9.78 Å². The van der Waals surface area contributed by atoms with Gasteiger partial charge in [0.1, 0.15) is 11.6 Å². The van der Waals surface area contributed by atoms with Crippen LogP contribution in [0.2, 0.25) is 0 Å². The molecule has 0 aliphatic carbocycles. The maximum atomic E-state index is 13.6. The number of carbonyl (C=O) groups excluding carboxylic acids is 1. The van der Waals surface area contributed by atoms with Gasteiger partial charge < -0.3 is 9.47 Å². The van der Waals surface area contributed by atoms with E-state index in [2.05, 4.69) is 9.97 Å². The molecule has 134 valence electrons. The minimum Gasteiger partial charge on any atom is -0.338 e. The number of aryl methyl sites for hydroxylation is 2. The molecule has 1 aliphatic rings. The molecule has 26 heavy (non-hydrogen) atoms. The first-order valence-electron chi connectivity index (χ1n) is 8.86. The summed E-state index contributed by atoms with van der Waals surface area (Å²) < 4.78 is 15.6. The highest BCUT2D eigenvalue weighted by Crippen LogP contribution is 2.28. The van der Waals surface area contributed by atoms with E-state index in [1.54, 1.807) is 18.3 Å². The van der Waals surface area contributed by atoms with Crippen molar-refractivity contribution in [1.82, 2.24) is 19.4 Å². The number of rotatable bonds is 2. The van der Waals surface area contributed by atoms with Crippen molar-refractivity contribution >= 4 is 16.8 Å². The zero-order valence-corrected chi connectivity index (χ0v) is 14.9. The molecule has 3 aromatic rings. The van der Waals surface area contributed by atoms with Crippen LogP contribution in [0.15, 0.2) is 36.7 Å². The number of hydrogen-bond donors (Lipinski definition) is 0. The molecule has 0 N–H and O–H groups in total. The van der Waals surface area contributed by atoms with Gasteiger partial charge in [-0.05, 0) is 38.0 Å². The molecule has 2 aromatic heterocycles. The highest BCUT2D eigenvalue weighted by atomic mass is 19.1. The molecule has 0 radical (unpaired) electrons. The molecule has 4 rings (SSSR count). The van der Waals surface area contributed by atoms with E-state index < -0.39 is 0 Å². The van der Waals surface area contributed by atoms with Crippen LogP contribution in [0.3, 0.4) is 0 Å². The number of benzene rings is 1. The number of nitrogens with zero attached hydrogens (tertiary/aromatic N) is 4. The van der Waals surface area contributed by atoms with Gasteiger partial charge in [0.2, 0.25) is 0 Å². The van der Waals surface area contributed by atoms with E-state index in [1.807, 2.05) is 29.6 Å². The van der Waals surface area contributed by atoms with Crippen molar-refractivity contribution in [2.75, 3.05) is 13.1 Å². The SMILES string of the molecule is Cc1cc(C(=O)N2CCCC(c3nccn3C)C2)c2ccc(F)cc2n1. The molecule has 1 amide bonds. The first kappa shape index (κ1) is 16.7. The fraction of sp³-hybridized carbons (Fsp3) is 0.350. The number of carbonyl (C=O) groups is 1. The maximum absolute atomic E-state index is 13.6. The summed E-state index contributed by atoms with van der Waals surface area (Å²) >= 11 is 0. The Bertz CT molecular complexity index is 976. The van der Waals surface area contributed by atoms with E-state index >= 15 is 0 Å². The molecule has 1 aliphatic heterocycles. The average Bonchev–Trinajstić information content (AvgIpc) is 3.06. The van der Waals surface area contributed by atoms with E-state index in [9.17, 15) is 9.18 Å². The lowest BCUT2D eigenvalue weighted by atomic mass is 9.96.